The molecule has 2 aromatic rings. The lowest BCUT2D eigenvalue weighted by Crippen LogP contribution is -2.12. The van der Waals surface area contributed by atoms with Gasteiger partial charge in [-0.1, -0.05) is 17.7 Å². The molecular formula is C18H17ClN2O3S. The summed E-state index contributed by atoms with van der Waals surface area (Å²) >= 11 is 6.03. The van der Waals surface area contributed by atoms with Gasteiger partial charge in [-0.2, -0.15) is 8.42 Å². The monoisotopic (exact) mass is 376 g/mol. The molecule has 0 fully saturated rings. The molecule has 0 spiro atoms. The number of halogens is 1. The number of hydrogen-bond donors (Lipinski definition) is 1. The molecule has 0 saturated carbocycles. The van der Waals surface area contributed by atoms with E-state index in [0.29, 0.717) is 27.7 Å². The number of anilines is 1. The summed E-state index contributed by atoms with van der Waals surface area (Å²) in [4.78, 5) is 0.192. The van der Waals surface area contributed by atoms with E-state index in [-0.39, 0.29) is 4.91 Å². The molecule has 2 aromatic carbocycles. The van der Waals surface area contributed by atoms with Crippen molar-refractivity contribution >= 4 is 38.1 Å². The minimum Gasteiger partial charge on any atom is -0.497 e. The summed E-state index contributed by atoms with van der Waals surface area (Å²) in [6.07, 6.45) is 0. The van der Waals surface area contributed by atoms with Crippen molar-refractivity contribution in [3.05, 3.63) is 64.2 Å². The van der Waals surface area contributed by atoms with Crippen LogP contribution in [0, 0.1) is 6.92 Å². The maximum absolute atomic E-state index is 12.5. The normalized spacial score (nSPS) is 15.9. The third-order valence-corrected chi connectivity index (χ3v) is 5.69. The molecule has 0 bridgehead atoms. The molecule has 25 heavy (non-hydrogen) atoms. The van der Waals surface area contributed by atoms with Gasteiger partial charge in [0.15, 0.2) is 0 Å². The second kappa shape index (κ2) is 6.54. The van der Waals surface area contributed by atoms with E-state index in [1.54, 1.807) is 50.4 Å². The average molecular weight is 377 g/mol. The topological polar surface area (TPSA) is 67.8 Å². The molecule has 1 aliphatic heterocycles. The molecule has 0 aromatic heterocycles. The predicted molar refractivity (Wildman–Crippen MR) is 102 cm³/mol. The zero-order chi connectivity index (χ0) is 18.2. The molecule has 0 amide bonds. The van der Waals surface area contributed by atoms with E-state index >= 15 is 0 Å². The summed E-state index contributed by atoms with van der Waals surface area (Å²) < 4.78 is 34.1. The second-order valence-corrected chi connectivity index (χ2v) is 7.66. The number of benzene rings is 2. The molecule has 0 unspecified atom stereocenters. The van der Waals surface area contributed by atoms with Crippen molar-refractivity contribution in [2.24, 2.45) is 4.40 Å². The maximum atomic E-state index is 12.5. The quantitative estimate of drug-likeness (QED) is 0.869. The summed E-state index contributed by atoms with van der Waals surface area (Å²) in [5.41, 5.74) is 2.79. The largest absolute Gasteiger partial charge is 0.497 e. The van der Waals surface area contributed by atoms with Crippen LogP contribution in [0.2, 0.25) is 5.02 Å². The van der Waals surface area contributed by atoms with Gasteiger partial charge in [-0.05, 0) is 61.4 Å². The number of amidine groups is 1. The Morgan fingerprint density at radius 2 is 1.76 bits per heavy atom. The Bertz CT molecular complexity index is 993. The van der Waals surface area contributed by atoms with Gasteiger partial charge in [0, 0.05) is 16.3 Å². The third kappa shape index (κ3) is 3.41. The molecule has 0 radical (unpaired) electrons. The summed E-state index contributed by atoms with van der Waals surface area (Å²) in [6.45, 7) is 3.64. The van der Waals surface area contributed by atoms with Crippen LogP contribution in [0.1, 0.15) is 18.1 Å². The zero-order valence-electron chi connectivity index (χ0n) is 14.0. The van der Waals surface area contributed by atoms with Crippen molar-refractivity contribution in [1.82, 2.24) is 0 Å². The van der Waals surface area contributed by atoms with Gasteiger partial charge in [-0.25, -0.2) is 0 Å². The summed E-state index contributed by atoms with van der Waals surface area (Å²) in [7, 11) is -2.21. The predicted octanol–water partition coefficient (Wildman–Crippen LogP) is 4.24. The van der Waals surface area contributed by atoms with Crippen molar-refractivity contribution in [2.75, 3.05) is 12.4 Å². The molecule has 0 saturated heterocycles. The van der Waals surface area contributed by atoms with Gasteiger partial charge in [0.05, 0.1) is 7.11 Å². The van der Waals surface area contributed by atoms with Crippen molar-refractivity contribution in [2.45, 2.75) is 13.8 Å². The molecule has 1 aliphatic rings. The third-order valence-electron chi connectivity index (χ3n) is 3.97. The van der Waals surface area contributed by atoms with Crippen LogP contribution in [0.4, 0.5) is 5.69 Å². The van der Waals surface area contributed by atoms with Crippen molar-refractivity contribution < 1.29 is 13.2 Å². The van der Waals surface area contributed by atoms with Crippen LogP contribution in [-0.4, -0.2) is 21.4 Å². The Kier molecular flexibility index (Phi) is 4.58. The number of methoxy groups -OCH3 is 1. The van der Waals surface area contributed by atoms with Gasteiger partial charge in [-0.3, -0.25) is 0 Å². The van der Waals surface area contributed by atoms with Crippen molar-refractivity contribution in [1.29, 1.82) is 0 Å². The smallest absolute Gasteiger partial charge is 0.285 e. The van der Waals surface area contributed by atoms with Crippen LogP contribution in [0.25, 0.3) is 4.91 Å². The lowest BCUT2D eigenvalue weighted by Gasteiger charge is -2.10. The van der Waals surface area contributed by atoms with Crippen LogP contribution in [0.15, 0.2) is 52.4 Å². The van der Waals surface area contributed by atoms with Gasteiger partial charge in [0.25, 0.3) is 10.0 Å². The minimum absolute atomic E-state index is 0.192. The number of sulfonamides is 1. The SMILES string of the molecule is COc1ccc(C2=C(C)C(Nc3cc(Cl)ccc3C)=NS2(=O)=O)cc1. The van der Waals surface area contributed by atoms with E-state index < -0.39 is 10.0 Å². The lowest BCUT2D eigenvalue weighted by molar-refractivity contribution is 0.415. The minimum atomic E-state index is -3.77. The highest BCUT2D eigenvalue weighted by Crippen LogP contribution is 2.34. The van der Waals surface area contributed by atoms with Crippen LogP contribution >= 0.6 is 11.6 Å². The average Bonchev–Trinajstić information content (AvgIpc) is 2.80. The first kappa shape index (κ1) is 17.5. The van der Waals surface area contributed by atoms with Gasteiger partial charge in [-0.15, -0.1) is 4.40 Å². The number of aryl methyl sites for hydroxylation is 1. The second-order valence-electron chi connectivity index (χ2n) is 5.68. The number of hydrogen-bond acceptors (Lipinski definition) is 4. The molecule has 0 atom stereocenters. The van der Waals surface area contributed by atoms with E-state index in [1.807, 2.05) is 13.0 Å². The highest BCUT2D eigenvalue weighted by atomic mass is 35.5. The Labute approximate surface area is 152 Å². The summed E-state index contributed by atoms with van der Waals surface area (Å²) in [5.74, 6) is 0.961. The Hall–Kier alpha value is -2.31. The molecule has 5 nitrogen and oxygen atoms in total. The van der Waals surface area contributed by atoms with E-state index in [2.05, 4.69) is 9.71 Å². The van der Waals surface area contributed by atoms with Crippen molar-refractivity contribution in [3.63, 3.8) is 0 Å². The fourth-order valence-electron chi connectivity index (χ4n) is 2.62. The molecule has 1 N–H and O–H groups in total. The molecule has 7 heteroatoms. The van der Waals surface area contributed by atoms with E-state index in [9.17, 15) is 8.42 Å². The summed E-state index contributed by atoms with van der Waals surface area (Å²) in [5, 5.41) is 3.64. The molecule has 1 heterocycles. The van der Waals surface area contributed by atoms with Crippen LogP contribution < -0.4 is 10.1 Å². The van der Waals surface area contributed by atoms with Gasteiger partial charge >= 0.3 is 0 Å². The molecular weight excluding hydrogens is 360 g/mol. The first-order chi connectivity index (χ1) is 11.8. The van der Waals surface area contributed by atoms with Crippen LogP contribution in [0.5, 0.6) is 5.75 Å². The Morgan fingerprint density at radius 3 is 2.40 bits per heavy atom. The van der Waals surface area contributed by atoms with E-state index in [4.69, 9.17) is 16.3 Å². The number of nitrogens with one attached hydrogen (secondary N) is 1. The standard InChI is InChI=1S/C18H17ClN2O3S/c1-11-4-7-14(19)10-16(11)20-18-12(2)17(25(22,23)21-18)13-5-8-15(24-3)9-6-13/h4-10H,1-3H3,(H,20,21). The maximum Gasteiger partial charge on any atom is 0.285 e. The highest BCUT2D eigenvalue weighted by Gasteiger charge is 2.31. The van der Waals surface area contributed by atoms with Crippen LogP contribution in [-0.2, 0) is 10.0 Å². The fourth-order valence-corrected chi connectivity index (χ4v) is 4.22. The summed E-state index contributed by atoms with van der Waals surface area (Å²) in [6, 6.07) is 12.2. The molecule has 130 valence electrons. The van der Waals surface area contributed by atoms with Gasteiger partial charge < -0.3 is 10.1 Å². The highest BCUT2D eigenvalue weighted by molar-refractivity contribution is 8.00. The van der Waals surface area contributed by atoms with E-state index in [1.165, 1.54) is 0 Å². The lowest BCUT2D eigenvalue weighted by atomic mass is 10.1. The zero-order valence-corrected chi connectivity index (χ0v) is 15.6. The number of ether oxygens (including phenoxy) is 1. The Morgan fingerprint density at radius 1 is 1.08 bits per heavy atom. The van der Waals surface area contributed by atoms with Crippen LogP contribution in [0.3, 0.4) is 0 Å². The number of rotatable bonds is 3. The van der Waals surface area contributed by atoms with E-state index in [0.717, 1.165) is 11.3 Å². The Balaban J connectivity index is 2.01. The number of nitrogens with zero attached hydrogens (tertiary/aromatic N) is 1. The first-order valence-corrected chi connectivity index (χ1v) is 9.37. The van der Waals surface area contributed by atoms with Gasteiger partial charge in [0.2, 0.25) is 0 Å². The molecule has 3 rings (SSSR count). The fraction of sp³-hybridized carbons (Fsp3) is 0.167. The molecule has 0 aliphatic carbocycles. The first-order valence-electron chi connectivity index (χ1n) is 7.55. The van der Waals surface area contributed by atoms with Gasteiger partial charge in [0.1, 0.15) is 16.5 Å². The van der Waals surface area contributed by atoms with Crippen molar-refractivity contribution in [3.8, 4) is 5.75 Å².